The molecule has 162 valence electrons. The summed E-state index contributed by atoms with van der Waals surface area (Å²) in [5, 5.41) is 14.5. The number of benzene rings is 2. The summed E-state index contributed by atoms with van der Waals surface area (Å²) in [6.45, 7) is 0.419. The molecule has 31 heavy (non-hydrogen) atoms. The summed E-state index contributed by atoms with van der Waals surface area (Å²) in [4.78, 5) is 37.8. The van der Waals surface area contributed by atoms with E-state index in [1.165, 1.54) is 24.3 Å². The average molecular weight is 425 g/mol. The van der Waals surface area contributed by atoms with Crippen molar-refractivity contribution in [2.75, 3.05) is 11.9 Å². The highest BCUT2D eigenvalue weighted by Gasteiger charge is 2.48. The first-order valence-electron chi connectivity index (χ1n) is 10.2. The fourth-order valence-corrected chi connectivity index (χ4v) is 3.97. The molecule has 2 aliphatic rings. The number of anilines is 1. The maximum absolute atomic E-state index is 13.1. The van der Waals surface area contributed by atoms with Gasteiger partial charge in [0.25, 0.3) is 0 Å². The van der Waals surface area contributed by atoms with Crippen LogP contribution in [0.15, 0.2) is 54.6 Å². The highest BCUT2D eigenvalue weighted by atomic mass is 19.1. The lowest BCUT2D eigenvalue weighted by atomic mass is 9.81. The lowest BCUT2D eigenvalue weighted by Crippen LogP contribution is -2.72. The van der Waals surface area contributed by atoms with Gasteiger partial charge in [-0.25, -0.2) is 4.39 Å². The van der Waals surface area contributed by atoms with Crippen molar-refractivity contribution in [3.8, 4) is 0 Å². The van der Waals surface area contributed by atoms with Gasteiger partial charge in [-0.05, 0) is 36.2 Å². The Labute approximate surface area is 179 Å². The number of fused-ring (bicyclic) bond motifs is 1. The van der Waals surface area contributed by atoms with Crippen molar-refractivity contribution >= 4 is 23.4 Å². The van der Waals surface area contributed by atoms with E-state index in [1.54, 1.807) is 0 Å². The van der Waals surface area contributed by atoms with Crippen LogP contribution in [0.1, 0.15) is 12.0 Å². The summed E-state index contributed by atoms with van der Waals surface area (Å²) in [7, 11) is 0. The summed E-state index contributed by atoms with van der Waals surface area (Å²) >= 11 is 0. The zero-order valence-corrected chi connectivity index (χ0v) is 16.7. The summed E-state index contributed by atoms with van der Waals surface area (Å²) in [6, 6.07) is 15.4. The molecule has 8 nitrogen and oxygen atoms in total. The topological polar surface area (TPSA) is 111 Å². The Morgan fingerprint density at radius 1 is 1.03 bits per heavy atom. The highest BCUT2D eigenvalue weighted by Crippen LogP contribution is 2.27. The van der Waals surface area contributed by atoms with E-state index in [0.29, 0.717) is 18.7 Å². The van der Waals surface area contributed by atoms with Crippen LogP contribution in [-0.4, -0.2) is 36.7 Å². The lowest BCUT2D eigenvalue weighted by molar-refractivity contribution is -0.146. The van der Waals surface area contributed by atoms with Crippen LogP contribution in [0.2, 0.25) is 0 Å². The number of hydrogen-bond acceptors (Lipinski definition) is 5. The minimum Gasteiger partial charge on any atom is -0.355 e. The molecular weight excluding hydrogens is 401 g/mol. The van der Waals surface area contributed by atoms with Gasteiger partial charge in [0.05, 0.1) is 18.0 Å². The molecule has 2 heterocycles. The lowest BCUT2D eigenvalue weighted by Gasteiger charge is -2.43. The van der Waals surface area contributed by atoms with E-state index in [-0.39, 0.29) is 30.0 Å². The predicted molar refractivity (Wildman–Crippen MR) is 112 cm³/mol. The van der Waals surface area contributed by atoms with E-state index < -0.39 is 24.3 Å². The largest absolute Gasteiger partial charge is 0.355 e. The smallest absolute Gasteiger partial charge is 0.229 e. The van der Waals surface area contributed by atoms with E-state index in [4.69, 9.17) is 0 Å². The van der Waals surface area contributed by atoms with Gasteiger partial charge in [0.15, 0.2) is 6.29 Å². The van der Waals surface area contributed by atoms with Gasteiger partial charge >= 0.3 is 0 Å². The Hall–Kier alpha value is -3.46. The molecule has 0 aromatic heterocycles. The molecule has 0 aliphatic carbocycles. The maximum atomic E-state index is 13.1. The number of rotatable bonds is 6. The van der Waals surface area contributed by atoms with Gasteiger partial charge in [0.2, 0.25) is 17.7 Å². The zero-order valence-electron chi connectivity index (χ0n) is 16.7. The van der Waals surface area contributed by atoms with Crippen LogP contribution in [0.4, 0.5) is 10.1 Å². The van der Waals surface area contributed by atoms with Gasteiger partial charge in [-0.1, -0.05) is 30.3 Å². The second-order valence-corrected chi connectivity index (χ2v) is 7.67. The van der Waals surface area contributed by atoms with Crippen molar-refractivity contribution in [1.82, 2.24) is 21.3 Å². The standard InChI is InChI=1S/C22H24FN5O3/c23-14-6-8-15(9-7-14)25-22-27-19-18(21(31)28-22)16(12-17(29)26-19)20(30)24-11-10-13-4-2-1-3-5-13/h1-9,16,18-19,22,25,27H,10-12H2,(H,24,30)(H,26,29)(H,28,31). The third kappa shape index (κ3) is 5.00. The minimum absolute atomic E-state index is 0.0521. The molecule has 4 unspecified atom stereocenters. The number of amides is 3. The van der Waals surface area contributed by atoms with Crippen molar-refractivity contribution in [3.05, 3.63) is 66.0 Å². The van der Waals surface area contributed by atoms with Gasteiger partial charge in [-0.3, -0.25) is 19.7 Å². The van der Waals surface area contributed by atoms with Crippen LogP contribution < -0.4 is 26.6 Å². The number of hydrogen-bond donors (Lipinski definition) is 5. The van der Waals surface area contributed by atoms with E-state index in [2.05, 4.69) is 26.6 Å². The van der Waals surface area contributed by atoms with Crippen LogP contribution in [0.25, 0.3) is 0 Å². The molecule has 5 N–H and O–H groups in total. The molecule has 4 atom stereocenters. The molecule has 4 rings (SSSR count). The molecule has 3 amide bonds. The minimum atomic E-state index is -0.770. The summed E-state index contributed by atoms with van der Waals surface area (Å²) in [5.41, 5.74) is 1.68. The van der Waals surface area contributed by atoms with E-state index in [9.17, 15) is 18.8 Å². The second-order valence-electron chi connectivity index (χ2n) is 7.67. The number of piperidine rings is 1. The van der Waals surface area contributed by atoms with Crippen LogP contribution in [0.5, 0.6) is 0 Å². The van der Waals surface area contributed by atoms with E-state index in [0.717, 1.165) is 5.56 Å². The first-order valence-corrected chi connectivity index (χ1v) is 10.2. The molecule has 2 aliphatic heterocycles. The second kappa shape index (κ2) is 9.13. The molecule has 0 saturated carbocycles. The third-order valence-electron chi connectivity index (χ3n) is 5.50. The Bertz CT molecular complexity index is 953. The Morgan fingerprint density at radius 2 is 1.77 bits per heavy atom. The molecule has 0 spiro atoms. The first-order chi connectivity index (χ1) is 15.0. The zero-order chi connectivity index (χ0) is 21.8. The Balaban J connectivity index is 1.38. The van der Waals surface area contributed by atoms with Crippen molar-refractivity contribution < 1.29 is 18.8 Å². The van der Waals surface area contributed by atoms with Crippen LogP contribution in [-0.2, 0) is 20.8 Å². The third-order valence-corrected chi connectivity index (χ3v) is 5.50. The quantitative estimate of drug-likeness (QED) is 0.467. The molecular formula is C22H24FN5O3. The van der Waals surface area contributed by atoms with Crippen molar-refractivity contribution in [3.63, 3.8) is 0 Å². The first kappa shape index (κ1) is 20.8. The number of halogens is 1. The molecule has 2 saturated heterocycles. The SMILES string of the molecule is O=C1CC(C(=O)NCCc2ccccc2)C2C(=O)NC(Nc3ccc(F)cc3)NC2N1. The monoisotopic (exact) mass is 425 g/mol. The molecule has 9 heteroatoms. The number of carbonyl (C=O) groups is 3. The highest BCUT2D eigenvalue weighted by molar-refractivity contribution is 5.94. The van der Waals surface area contributed by atoms with Crippen molar-refractivity contribution in [2.24, 2.45) is 11.8 Å². The predicted octanol–water partition coefficient (Wildman–Crippen LogP) is 0.678. The van der Waals surface area contributed by atoms with Gasteiger partial charge in [0.1, 0.15) is 5.82 Å². The molecule has 2 fully saturated rings. The van der Waals surface area contributed by atoms with Crippen LogP contribution >= 0.6 is 0 Å². The van der Waals surface area contributed by atoms with Crippen LogP contribution in [0.3, 0.4) is 0 Å². The number of nitrogens with one attached hydrogen (secondary N) is 5. The summed E-state index contributed by atoms with van der Waals surface area (Å²) in [5.74, 6) is -2.83. The molecule has 2 aromatic carbocycles. The van der Waals surface area contributed by atoms with Gasteiger partial charge < -0.3 is 21.3 Å². The van der Waals surface area contributed by atoms with Crippen LogP contribution in [0, 0.1) is 17.7 Å². The van der Waals surface area contributed by atoms with E-state index in [1.807, 2.05) is 30.3 Å². The van der Waals surface area contributed by atoms with Gasteiger partial charge in [-0.2, -0.15) is 0 Å². The van der Waals surface area contributed by atoms with Gasteiger partial charge in [-0.15, -0.1) is 0 Å². The average Bonchev–Trinajstić information content (AvgIpc) is 2.75. The maximum Gasteiger partial charge on any atom is 0.229 e. The van der Waals surface area contributed by atoms with Crippen molar-refractivity contribution in [1.29, 1.82) is 0 Å². The normalized spacial score (nSPS) is 25.1. The summed E-state index contributed by atoms with van der Waals surface area (Å²) in [6.07, 6.45) is -0.769. The summed E-state index contributed by atoms with van der Waals surface area (Å²) < 4.78 is 13.1. The van der Waals surface area contributed by atoms with Gasteiger partial charge in [0, 0.05) is 18.7 Å². The molecule has 0 radical (unpaired) electrons. The Kier molecular flexibility index (Phi) is 6.13. The van der Waals surface area contributed by atoms with E-state index >= 15 is 0 Å². The number of carbonyl (C=O) groups excluding carboxylic acids is 3. The fraction of sp³-hybridized carbons (Fsp3) is 0.318. The fourth-order valence-electron chi connectivity index (χ4n) is 3.97. The molecule has 2 aromatic rings. The Morgan fingerprint density at radius 3 is 2.52 bits per heavy atom. The van der Waals surface area contributed by atoms with Crippen molar-refractivity contribution in [2.45, 2.75) is 25.3 Å². The molecule has 0 bridgehead atoms.